The summed E-state index contributed by atoms with van der Waals surface area (Å²) in [5.74, 6) is 2.60. The van der Waals surface area contributed by atoms with Crippen molar-refractivity contribution >= 4 is 46.2 Å². The summed E-state index contributed by atoms with van der Waals surface area (Å²) in [5.41, 5.74) is 7.62. The van der Waals surface area contributed by atoms with Gasteiger partial charge in [-0.1, -0.05) is 23.7 Å². The predicted molar refractivity (Wildman–Crippen MR) is 96.9 cm³/mol. The topological polar surface area (TPSA) is 92.5 Å². The summed E-state index contributed by atoms with van der Waals surface area (Å²) in [5, 5.41) is 3.66. The van der Waals surface area contributed by atoms with Gasteiger partial charge in [-0.15, -0.1) is 0 Å². The van der Waals surface area contributed by atoms with Gasteiger partial charge in [-0.25, -0.2) is 9.97 Å². The van der Waals surface area contributed by atoms with Crippen molar-refractivity contribution in [3.8, 4) is 0 Å². The number of para-hydroxylation sites is 2. The molecule has 2 heterocycles. The molecule has 0 saturated heterocycles. The number of aromatic amines is 1. The van der Waals surface area contributed by atoms with Crippen LogP contribution < -0.4 is 11.1 Å². The molecule has 1 aromatic carbocycles. The molecule has 2 aromatic heterocycles. The van der Waals surface area contributed by atoms with Crippen molar-refractivity contribution in [2.75, 3.05) is 23.1 Å². The van der Waals surface area contributed by atoms with Crippen LogP contribution in [-0.4, -0.2) is 31.9 Å². The second-order valence-electron chi connectivity index (χ2n) is 5.05. The van der Waals surface area contributed by atoms with E-state index in [1.54, 1.807) is 17.8 Å². The highest BCUT2D eigenvalue weighted by Gasteiger charge is 2.16. The predicted octanol–water partition coefficient (Wildman–Crippen LogP) is 3.49. The number of hydrogen-bond donors (Lipinski definition) is 3. The van der Waals surface area contributed by atoms with Gasteiger partial charge >= 0.3 is 0 Å². The molecule has 0 aliphatic heterocycles. The molecule has 0 fully saturated rings. The molecule has 4 N–H and O–H groups in total. The second-order valence-corrected chi connectivity index (χ2v) is 6.42. The summed E-state index contributed by atoms with van der Waals surface area (Å²) in [4.78, 5) is 16.1. The summed E-state index contributed by atoms with van der Waals surface area (Å²) in [6.45, 7) is 0. The standard InChI is InChI=1S/C15H17ClN6S/c1-23-7-6-11(18-13-8-12(16)21-15(17)22-13)14-19-9-4-2-3-5-10(9)20-14/h2-5,8,11H,6-7H2,1H3,(H,19,20)(H3,17,18,21,22)/t11-/m0/s1. The molecule has 8 heteroatoms. The Morgan fingerprint density at radius 1 is 1.30 bits per heavy atom. The van der Waals surface area contributed by atoms with Gasteiger partial charge in [0.2, 0.25) is 5.95 Å². The van der Waals surface area contributed by atoms with E-state index in [0.717, 1.165) is 29.0 Å². The third kappa shape index (κ3) is 3.86. The zero-order valence-electron chi connectivity index (χ0n) is 12.6. The lowest BCUT2D eigenvalue weighted by Crippen LogP contribution is -2.15. The fourth-order valence-electron chi connectivity index (χ4n) is 2.34. The maximum Gasteiger partial charge on any atom is 0.223 e. The van der Waals surface area contributed by atoms with Crippen molar-refractivity contribution in [3.63, 3.8) is 0 Å². The van der Waals surface area contributed by atoms with Crippen LogP contribution in [0.25, 0.3) is 11.0 Å². The van der Waals surface area contributed by atoms with Gasteiger partial charge in [0.05, 0.1) is 17.1 Å². The number of rotatable bonds is 6. The van der Waals surface area contributed by atoms with E-state index in [-0.39, 0.29) is 12.0 Å². The Balaban J connectivity index is 1.90. The lowest BCUT2D eigenvalue weighted by Gasteiger charge is -2.17. The van der Waals surface area contributed by atoms with Crippen molar-refractivity contribution < 1.29 is 0 Å². The Labute approximate surface area is 143 Å². The Bertz CT molecular complexity index is 752. The number of fused-ring (bicyclic) bond motifs is 1. The Hall–Kier alpha value is -1.99. The monoisotopic (exact) mass is 348 g/mol. The number of nitrogen functional groups attached to an aromatic ring is 1. The minimum Gasteiger partial charge on any atom is -0.368 e. The van der Waals surface area contributed by atoms with Gasteiger partial charge in [-0.2, -0.15) is 16.7 Å². The summed E-state index contributed by atoms with van der Waals surface area (Å²) < 4.78 is 0. The van der Waals surface area contributed by atoms with Crippen molar-refractivity contribution in [1.29, 1.82) is 0 Å². The largest absolute Gasteiger partial charge is 0.368 e. The SMILES string of the molecule is CSCC[C@H](Nc1cc(Cl)nc(N)n1)c1nc2ccccc2[nH]1. The van der Waals surface area contributed by atoms with E-state index in [1.165, 1.54) is 0 Å². The number of hydrogen-bond acceptors (Lipinski definition) is 6. The first kappa shape index (κ1) is 15.9. The minimum absolute atomic E-state index is 0.0137. The summed E-state index contributed by atoms with van der Waals surface area (Å²) in [6.07, 6.45) is 2.97. The second kappa shape index (κ2) is 7.06. The number of imidazole rings is 1. The Kier molecular flexibility index (Phi) is 4.88. The molecule has 3 rings (SSSR count). The number of H-pyrrole nitrogens is 1. The average molecular weight is 349 g/mol. The van der Waals surface area contributed by atoms with E-state index < -0.39 is 0 Å². The molecule has 0 aliphatic carbocycles. The summed E-state index contributed by atoms with van der Waals surface area (Å²) >= 11 is 7.73. The van der Waals surface area contributed by atoms with Gasteiger partial charge in [-0.3, -0.25) is 0 Å². The molecular formula is C15H17ClN6S. The summed E-state index contributed by atoms with van der Waals surface area (Å²) in [6, 6.07) is 9.60. The van der Waals surface area contributed by atoms with Crippen molar-refractivity contribution in [2.45, 2.75) is 12.5 Å². The molecule has 3 aromatic rings. The van der Waals surface area contributed by atoms with E-state index in [2.05, 4.69) is 31.5 Å². The Morgan fingerprint density at radius 3 is 2.87 bits per heavy atom. The molecular weight excluding hydrogens is 332 g/mol. The number of benzene rings is 1. The Morgan fingerprint density at radius 2 is 2.13 bits per heavy atom. The molecule has 6 nitrogen and oxygen atoms in total. The molecule has 0 saturated carbocycles. The molecule has 0 bridgehead atoms. The number of nitrogens with one attached hydrogen (secondary N) is 2. The van der Waals surface area contributed by atoms with Crippen LogP contribution in [0.4, 0.5) is 11.8 Å². The van der Waals surface area contributed by atoms with Gasteiger partial charge < -0.3 is 16.0 Å². The molecule has 0 aliphatic rings. The minimum atomic E-state index is -0.0137. The number of nitrogens with zero attached hydrogens (tertiary/aromatic N) is 3. The molecule has 120 valence electrons. The van der Waals surface area contributed by atoms with Crippen LogP contribution >= 0.6 is 23.4 Å². The van der Waals surface area contributed by atoms with E-state index >= 15 is 0 Å². The maximum absolute atomic E-state index is 5.95. The zero-order valence-corrected chi connectivity index (χ0v) is 14.2. The molecule has 23 heavy (non-hydrogen) atoms. The average Bonchev–Trinajstić information content (AvgIpc) is 2.94. The van der Waals surface area contributed by atoms with Gasteiger partial charge in [0.15, 0.2) is 0 Å². The van der Waals surface area contributed by atoms with Crippen LogP contribution in [0.5, 0.6) is 0 Å². The number of aromatic nitrogens is 4. The van der Waals surface area contributed by atoms with E-state index in [0.29, 0.717) is 11.0 Å². The molecule has 0 amide bonds. The van der Waals surface area contributed by atoms with Crippen LogP contribution in [0.15, 0.2) is 30.3 Å². The molecule has 1 atom stereocenters. The van der Waals surface area contributed by atoms with Gasteiger partial charge in [-0.05, 0) is 30.6 Å². The number of halogens is 1. The number of thioether (sulfide) groups is 1. The lowest BCUT2D eigenvalue weighted by molar-refractivity contribution is 0.709. The van der Waals surface area contributed by atoms with Crippen LogP contribution in [0, 0.1) is 0 Å². The quantitative estimate of drug-likeness (QED) is 0.590. The maximum atomic E-state index is 5.95. The van der Waals surface area contributed by atoms with Crippen LogP contribution in [0.3, 0.4) is 0 Å². The highest BCUT2D eigenvalue weighted by atomic mass is 35.5. The highest BCUT2D eigenvalue weighted by Crippen LogP contribution is 2.24. The summed E-state index contributed by atoms with van der Waals surface area (Å²) in [7, 11) is 0. The van der Waals surface area contributed by atoms with E-state index in [1.807, 2.05) is 24.3 Å². The zero-order chi connectivity index (χ0) is 16.2. The van der Waals surface area contributed by atoms with Crippen LogP contribution in [0.2, 0.25) is 5.15 Å². The molecule has 0 radical (unpaired) electrons. The van der Waals surface area contributed by atoms with Crippen molar-refractivity contribution in [1.82, 2.24) is 19.9 Å². The van der Waals surface area contributed by atoms with Crippen LogP contribution in [0.1, 0.15) is 18.3 Å². The van der Waals surface area contributed by atoms with Crippen molar-refractivity contribution in [3.05, 3.63) is 41.3 Å². The first-order valence-electron chi connectivity index (χ1n) is 7.16. The first-order valence-corrected chi connectivity index (χ1v) is 8.93. The smallest absolute Gasteiger partial charge is 0.223 e. The lowest BCUT2D eigenvalue weighted by atomic mass is 10.2. The fourth-order valence-corrected chi connectivity index (χ4v) is 3.00. The third-order valence-corrected chi connectivity index (χ3v) is 4.22. The van der Waals surface area contributed by atoms with Crippen molar-refractivity contribution in [2.24, 2.45) is 0 Å². The van der Waals surface area contributed by atoms with Crippen LogP contribution in [-0.2, 0) is 0 Å². The molecule has 0 unspecified atom stereocenters. The van der Waals surface area contributed by atoms with E-state index in [4.69, 9.17) is 17.3 Å². The highest BCUT2D eigenvalue weighted by molar-refractivity contribution is 7.98. The van der Waals surface area contributed by atoms with Gasteiger partial charge in [0.25, 0.3) is 0 Å². The fraction of sp³-hybridized carbons (Fsp3) is 0.267. The van der Waals surface area contributed by atoms with E-state index in [9.17, 15) is 0 Å². The normalized spacial score (nSPS) is 12.4. The van der Waals surface area contributed by atoms with Gasteiger partial charge in [0.1, 0.15) is 16.8 Å². The van der Waals surface area contributed by atoms with Gasteiger partial charge in [0, 0.05) is 6.07 Å². The third-order valence-electron chi connectivity index (χ3n) is 3.38. The first-order chi connectivity index (χ1) is 11.2. The number of anilines is 2. The molecule has 0 spiro atoms. The number of nitrogens with two attached hydrogens (primary N) is 1.